The topological polar surface area (TPSA) is 75.6 Å². The second-order valence-corrected chi connectivity index (χ2v) is 6.21. The lowest BCUT2D eigenvalue weighted by Gasteiger charge is -2.36. The van der Waals surface area contributed by atoms with Gasteiger partial charge in [0, 0.05) is 37.4 Å². The maximum atomic E-state index is 11.9. The van der Waals surface area contributed by atoms with Crippen LogP contribution in [0.5, 0.6) is 0 Å². The Labute approximate surface area is 151 Å². The molecule has 2 aromatic carbocycles. The van der Waals surface area contributed by atoms with Gasteiger partial charge >= 0.3 is 0 Å². The minimum atomic E-state index is -0.573. The lowest BCUT2D eigenvalue weighted by molar-refractivity contribution is 0.0996. The summed E-state index contributed by atoms with van der Waals surface area (Å²) in [5.41, 5.74) is 7.75. The first-order chi connectivity index (χ1) is 12.7. The van der Waals surface area contributed by atoms with Crippen LogP contribution >= 0.6 is 0 Å². The van der Waals surface area contributed by atoms with Crippen molar-refractivity contribution >= 4 is 17.5 Å². The number of benzene rings is 2. The number of anilines is 2. The zero-order valence-electron chi connectivity index (χ0n) is 14.3. The number of oxazole rings is 1. The smallest absolute Gasteiger partial charge is 0.273 e. The number of hydrogen-bond acceptors (Lipinski definition) is 5. The van der Waals surface area contributed by atoms with Gasteiger partial charge in [0.25, 0.3) is 5.91 Å². The number of carbonyl (C=O) groups excluding carboxylic acids is 1. The number of primary amides is 1. The third-order valence-corrected chi connectivity index (χ3v) is 4.55. The van der Waals surface area contributed by atoms with Crippen molar-refractivity contribution in [2.45, 2.75) is 0 Å². The maximum absolute atomic E-state index is 11.9. The fourth-order valence-corrected chi connectivity index (χ4v) is 3.20. The first kappa shape index (κ1) is 16.2. The average Bonchev–Trinajstić information content (AvgIpc) is 3.15. The SMILES string of the molecule is NC(=O)c1nc(-c2ccccc2)oc1N1CCN(c2ccccc2)CC1. The summed E-state index contributed by atoms with van der Waals surface area (Å²) in [5, 5.41) is 0. The molecule has 1 fully saturated rings. The Bertz CT molecular complexity index is 885. The monoisotopic (exact) mass is 348 g/mol. The van der Waals surface area contributed by atoms with Gasteiger partial charge < -0.3 is 20.0 Å². The lowest BCUT2D eigenvalue weighted by atomic mass is 10.2. The largest absolute Gasteiger partial charge is 0.420 e. The Hall–Kier alpha value is -3.28. The van der Waals surface area contributed by atoms with Gasteiger partial charge in [-0.25, -0.2) is 4.98 Å². The summed E-state index contributed by atoms with van der Waals surface area (Å²) < 4.78 is 5.94. The number of hydrogen-bond donors (Lipinski definition) is 1. The van der Waals surface area contributed by atoms with Crippen LogP contribution in [0, 0.1) is 0 Å². The van der Waals surface area contributed by atoms with Crippen LogP contribution in [-0.2, 0) is 0 Å². The Morgan fingerprint density at radius 1 is 0.885 bits per heavy atom. The number of nitrogens with zero attached hydrogens (tertiary/aromatic N) is 3. The van der Waals surface area contributed by atoms with Crippen molar-refractivity contribution in [1.82, 2.24) is 4.98 Å². The lowest BCUT2D eigenvalue weighted by Crippen LogP contribution is -2.47. The predicted molar refractivity (Wildman–Crippen MR) is 101 cm³/mol. The van der Waals surface area contributed by atoms with Crippen LogP contribution < -0.4 is 15.5 Å². The fraction of sp³-hybridized carbons (Fsp3) is 0.200. The van der Waals surface area contributed by atoms with E-state index in [1.54, 1.807) is 0 Å². The van der Waals surface area contributed by atoms with Crippen molar-refractivity contribution in [3.8, 4) is 11.5 Å². The van der Waals surface area contributed by atoms with Crippen molar-refractivity contribution in [2.75, 3.05) is 36.0 Å². The molecule has 2 N–H and O–H groups in total. The predicted octanol–water partition coefficient (Wildman–Crippen LogP) is 2.77. The molecule has 0 spiro atoms. The van der Waals surface area contributed by atoms with E-state index in [1.807, 2.05) is 53.4 Å². The van der Waals surface area contributed by atoms with Crippen LogP contribution in [0.1, 0.15) is 10.5 Å². The highest BCUT2D eigenvalue weighted by atomic mass is 16.4. The van der Waals surface area contributed by atoms with Gasteiger partial charge in [-0.05, 0) is 24.3 Å². The van der Waals surface area contributed by atoms with Crippen molar-refractivity contribution in [2.24, 2.45) is 5.73 Å². The van der Waals surface area contributed by atoms with Crippen LogP contribution in [0.2, 0.25) is 0 Å². The van der Waals surface area contributed by atoms with E-state index in [0.717, 1.165) is 31.7 Å². The fourth-order valence-electron chi connectivity index (χ4n) is 3.20. The summed E-state index contributed by atoms with van der Waals surface area (Å²) in [6, 6.07) is 19.8. The average molecular weight is 348 g/mol. The van der Waals surface area contributed by atoms with E-state index in [9.17, 15) is 4.79 Å². The second kappa shape index (κ2) is 6.92. The normalized spacial score (nSPS) is 14.5. The molecule has 0 radical (unpaired) electrons. The third-order valence-electron chi connectivity index (χ3n) is 4.55. The second-order valence-electron chi connectivity index (χ2n) is 6.21. The molecule has 6 nitrogen and oxygen atoms in total. The van der Waals surface area contributed by atoms with Gasteiger partial charge in [0.1, 0.15) is 0 Å². The number of aromatic nitrogens is 1. The molecule has 4 rings (SSSR count). The molecule has 0 unspecified atom stereocenters. The third kappa shape index (κ3) is 3.13. The van der Waals surface area contributed by atoms with Gasteiger partial charge in [-0.2, -0.15) is 0 Å². The Morgan fingerprint density at radius 2 is 1.46 bits per heavy atom. The molecule has 1 aromatic heterocycles. The molecule has 1 aliphatic rings. The molecule has 0 saturated carbocycles. The highest BCUT2D eigenvalue weighted by molar-refractivity contribution is 5.96. The standard InChI is InChI=1S/C20H20N4O2/c21-18(25)17-20(26-19(22-17)15-7-3-1-4-8-15)24-13-11-23(12-14-24)16-9-5-2-6-10-16/h1-10H,11-14H2,(H2,21,25). The van der Waals surface area contributed by atoms with E-state index >= 15 is 0 Å². The molecule has 0 aliphatic carbocycles. The van der Waals surface area contributed by atoms with Crippen LogP contribution in [0.25, 0.3) is 11.5 Å². The van der Waals surface area contributed by atoms with Crippen molar-refractivity contribution in [3.05, 3.63) is 66.4 Å². The van der Waals surface area contributed by atoms with Crippen LogP contribution in [0.3, 0.4) is 0 Å². The quantitative estimate of drug-likeness (QED) is 0.785. The Morgan fingerprint density at radius 3 is 2.08 bits per heavy atom. The number of para-hydroxylation sites is 1. The molecule has 2 heterocycles. The minimum absolute atomic E-state index is 0.192. The first-order valence-corrected chi connectivity index (χ1v) is 8.63. The zero-order chi connectivity index (χ0) is 17.9. The van der Waals surface area contributed by atoms with Crippen molar-refractivity contribution in [3.63, 3.8) is 0 Å². The molecular formula is C20H20N4O2. The van der Waals surface area contributed by atoms with Crippen LogP contribution in [-0.4, -0.2) is 37.1 Å². The van der Waals surface area contributed by atoms with E-state index in [-0.39, 0.29) is 5.69 Å². The molecule has 0 bridgehead atoms. The van der Waals surface area contributed by atoms with Crippen molar-refractivity contribution in [1.29, 1.82) is 0 Å². The summed E-state index contributed by atoms with van der Waals surface area (Å²) in [7, 11) is 0. The van der Waals surface area contributed by atoms with Gasteiger partial charge in [-0.15, -0.1) is 0 Å². The van der Waals surface area contributed by atoms with E-state index in [0.29, 0.717) is 11.8 Å². The molecular weight excluding hydrogens is 328 g/mol. The number of amides is 1. The summed E-state index contributed by atoms with van der Waals surface area (Å²) in [6.07, 6.45) is 0. The van der Waals surface area contributed by atoms with E-state index in [2.05, 4.69) is 22.0 Å². The maximum Gasteiger partial charge on any atom is 0.273 e. The summed E-state index contributed by atoms with van der Waals surface area (Å²) in [5.74, 6) is 0.306. The van der Waals surface area contributed by atoms with Crippen LogP contribution in [0.15, 0.2) is 65.1 Å². The Kier molecular flexibility index (Phi) is 4.31. The molecule has 132 valence electrons. The number of rotatable bonds is 4. The summed E-state index contributed by atoms with van der Waals surface area (Å²) >= 11 is 0. The van der Waals surface area contributed by atoms with Crippen molar-refractivity contribution < 1.29 is 9.21 Å². The molecule has 1 aliphatic heterocycles. The minimum Gasteiger partial charge on any atom is -0.420 e. The molecule has 6 heteroatoms. The van der Waals surface area contributed by atoms with Gasteiger partial charge in [0.15, 0.2) is 5.69 Å². The summed E-state index contributed by atoms with van der Waals surface area (Å²) in [6.45, 7) is 3.14. The zero-order valence-corrected chi connectivity index (χ0v) is 14.3. The van der Waals surface area contributed by atoms with Gasteiger partial charge in [0.2, 0.25) is 11.8 Å². The number of piperazine rings is 1. The first-order valence-electron chi connectivity index (χ1n) is 8.63. The Balaban J connectivity index is 1.56. The molecule has 0 atom stereocenters. The molecule has 26 heavy (non-hydrogen) atoms. The number of nitrogens with two attached hydrogens (primary N) is 1. The van der Waals surface area contributed by atoms with E-state index in [1.165, 1.54) is 5.69 Å². The molecule has 3 aromatic rings. The molecule has 1 amide bonds. The highest BCUT2D eigenvalue weighted by Gasteiger charge is 2.27. The highest BCUT2D eigenvalue weighted by Crippen LogP contribution is 2.29. The van der Waals surface area contributed by atoms with Crippen LogP contribution in [0.4, 0.5) is 11.6 Å². The van der Waals surface area contributed by atoms with E-state index in [4.69, 9.17) is 10.2 Å². The van der Waals surface area contributed by atoms with E-state index < -0.39 is 5.91 Å². The van der Waals surface area contributed by atoms with Gasteiger partial charge in [0.05, 0.1) is 0 Å². The van der Waals surface area contributed by atoms with Gasteiger partial charge in [-0.1, -0.05) is 36.4 Å². The number of carbonyl (C=O) groups is 1. The molecule has 1 saturated heterocycles. The van der Waals surface area contributed by atoms with Gasteiger partial charge in [-0.3, -0.25) is 4.79 Å². The summed E-state index contributed by atoms with van der Waals surface area (Å²) in [4.78, 5) is 20.5.